The molecule has 0 saturated heterocycles. The number of H-pyrrole nitrogens is 1. The zero-order valence-electron chi connectivity index (χ0n) is 17.1. The number of carbonyl (C=O) groups is 2. The summed E-state index contributed by atoms with van der Waals surface area (Å²) in [7, 11) is 0. The fourth-order valence-corrected chi connectivity index (χ4v) is 3.40. The number of hydrogen-bond donors (Lipinski definition) is 4. The second-order valence-electron chi connectivity index (χ2n) is 7.03. The molecule has 32 heavy (non-hydrogen) atoms. The second-order valence-corrected chi connectivity index (χ2v) is 7.03. The van der Waals surface area contributed by atoms with Crippen molar-refractivity contribution < 1.29 is 18.7 Å². The fourth-order valence-electron chi connectivity index (χ4n) is 3.40. The Labute approximate surface area is 182 Å². The third-order valence-electron chi connectivity index (χ3n) is 4.82. The normalized spacial score (nSPS) is 14.8. The number of carbonyl (C=O) groups excluding carboxylic acids is 2. The number of anilines is 4. The van der Waals surface area contributed by atoms with E-state index in [1.165, 1.54) is 24.3 Å². The van der Waals surface area contributed by atoms with Crippen molar-refractivity contribution in [2.45, 2.75) is 19.3 Å². The Kier molecular flexibility index (Phi) is 5.84. The summed E-state index contributed by atoms with van der Waals surface area (Å²) < 4.78 is 18.6. The zero-order valence-corrected chi connectivity index (χ0v) is 17.1. The lowest BCUT2D eigenvalue weighted by atomic mass is 9.92. The van der Waals surface area contributed by atoms with Crippen molar-refractivity contribution in [3.8, 4) is 5.75 Å². The van der Waals surface area contributed by atoms with Crippen LogP contribution in [-0.2, 0) is 9.59 Å². The summed E-state index contributed by atoms with van der Waals surface area (Å²) in [6.45, 7) is 2.23. The van der Waals surface area contributed by atoms with Gasteiger partial charge in [-0.25, -0.2) is 4.39 Å². The van der Waals surface area contributed by atoms with Gasteiger partial charge in [0.2, 0.25) is 17.8 Å². The summed E-state index contributed by atoms with van der Waals surface area (Å²) in [6, 6.07) is 12.3. The van der Waals surface area contributed by atoms with Crippen molar-refractivity contribution in [1.29, 1.82) is 0 Å². The molecule has 0 spiro atoms. The van der Waals surface area contributed by atoms with Gasteiger partial charge in [0.1, 0.15) is 17.4 Å². The molecule has 3 aromatic rings. The van der Waals surface area contributed by atoms with Crippen LogP contribution in [0.25, 0.3) is 0 Å². The SMILES string of the molecule is CCOc1ccccc1NC(=O)[C@H]1CC(=O)Nc2nc(Nc3ccc(F)cc3)[nH]c(=O)c21. The van der Waals surface area contributed by atoms with Gasteiger partial charge in [0.25, 0.3) is 5.56 Å². The van der Waals surface area contributed by atoms with Crippen LogP contribution < -0.4 is 26.2 Å². The van der Waals surface area contributed by atoms with Crippen molar-refractivity contribution in [2.24, 2.45) is 0 Å². The topological polar surface area (TPSA) is 125 Å². The fraction of sp³-hybridized carbons (Fsp3) is 0.182. The van der Waals surface area contributed by atoms with Gasteiger partial charge in [0, 0.05) is 12.1 Å². The minimum absolute atomic E-state index is 0.00662. The molecule has 10 heteroatoms. The van der Waals surface area contributed by atoms with Crippen molar-refractivity contribution in [3.63, 3.8) is 0 Å². The number of nitrogens with zero attached hydrogens (tertiary/aromatic N) is 1. The van der Waals surface area contributed by atoms with Crippen LogP contribution in [0.1, 0.15) is 24.8 Å². The van der Waals surface area contributed by atoms with Gasteiger partial charge in [0.05, 0.1) is 23.8 Å². The smallest absolute Gasteiger partial charge is 0.258 e. The van der Waals surface area contributed by atoms with Crippen LogP contribution >= 0.6 is 0 Å². The van der Waals surface area contributed by atoms with E-state index in [1.807, 2.05) is 6.92 Å². The molecule has 2 heterocycles. The zero-order chi connectivity index (χ0) is 22.7. The highest BCUT2D eigenvalue weighted by atomic mass is 19.1. The average molecular weight is 437 g/mol. The van der Waals surface area contributed by atoms with E-state index < -0.39 is 29.1 Å². The number of ether oxygens (including phenoxy) is 1. The van der Waals surface area contributed by atoms with Crippen molar-refractivity contribution in [1.82, 2.24) is 9.97 Å². The molecule has 0 unspecified atom stereocenters. The molecule has 0 aliphatic carbocycles. The van der Waals surface area contributed by atoms with Crippen LogP contribution in [0.3, 0.4) is 0 Å². The highest BCUT2D eigenvalue weighted by Crippen LogP contribution is 2.32. The van der Waals surface area contributed by atoms with Gasteiger partial charge >= 0.3 is 0 Å². The molecular weight excluding hydrogens is 417 g/mol. The molecule has 1 aliphatic heterocycles. The van der Waals surface area contributed by atoms with Crippen LogP contribution in [0.2, 0.25) is 0 Å². The molecule has 0 radical (unpaired) electrons. The minimum atomic E-state index is -1.04. The number of aromatic nitrogens is 2. The van der Waals surface area contributed by atoms with Crippen LogP contribution in [0, 0.1) is 5.82 Å². The maximum absolute atomic E-state index is 13.1. The first-order valence-corrected chi connectivity index (χ1v) is 9.94. The number of fused-ring (bicyclic) bond motifs is 1. The number of aromatic amines is 1. The van der Waals surface area contributed by atoms with Gasteiger partial charge in [-0.05, 0) is 43.3 Å². The van der Waals surface area contributed by atoms with Gasteiger partial charge in [0.15, 0.2) is 0 Å². The molecule has 2 amide bonds. The van der Waals surface area contributed by atoms with E-state index in [0.717, 1.165) is 0 Å². The van der Waals surface area contributed by atoms with Crippen LogP contribution in [0.4, 0.5) is 27.5 Å². The standard InChI is InChI=1S/C22H20FN5O4/c1-2-32-16-6-4-3-5-15(16)25-20(30)14-11-17(29)26-19-18(14)21(31)28-22(27-19)24-13-9-7-12(23)8-10-13/h3-10,14H,2,11H2,1H3,(H,25,30)(H3,24,26,27,28,29,31)/t14-/m0/s1. The molecule has 0 saturated carbocycles. The van der Waals surface area contributed by atoms with Crippen LogP contribution in [0.5, 0.6) is 5.75 Å². The molecule has 4 N–H and O–H groups in total. The highest BCUT2D eigenvalue weighted by Gasteiger charge is 2.35. The van der Waals surface area contributed by atoms with Gasteiger partial charge in [-0.1, -0.05) is 12.1 Å². The van der Waals surface area contributed by atoms with E-state index in [0.29, 0.717) is 23.7 Å². The summed E-state index contributed by atoms with van der Waals surface area (Å²) in [5.74, 6) is -1.90. The highest BCUT2D eigenvalue weighted by molar-refractivity contribution is 6.05. The number of amides is 2. The van der Waals surface area contributed by atoms with Crippen LogP contribution in [0.15, 0.2) is 53.3 Å². The van der Waals surface area contributed by atoms with Gasteiger partial charge in [-0.15, -0.1) is 0 Å². The number of benzene rings is 2. The van der Waals surface area contributed by atoms with E-state index in [2.05, 4.69) is 25.9 Å². The monoisotopic (exact) mass is 437 g/mol. The number of para-hydroxylation sites is 2. The lowest BCUT2D eigenvalue weighted by Gasteiger charge is -2.24. The van der Waals surface area contributed by atoms with Crippen LogP contribution in [-0.4, -0.2) is 28.4 Å². The van der Waals surface area contributed by atoms with Crippen molar-refractivity contribution >= 4 is 35.0 Å². The predicted molar refractivity (Wildman–Crippen MR) is 117 cm³/mol. The van der Waals surface area contributed by atoms with Gasteiger partial charge in [-0.3, -0.25) is 19.4 Å². The average Bonchev–Trinajstić information content (AvgIpc) is 2.76. The number of nitrogens with one attached hydrogen (secondary N) is 4. The second kappa shape index (κ2) is 8.88. The Morgan fingerprint density at radius 2 is 1.94 bits per heavy atom. The molecule has 164 valence electrons. The van der Waals surface area contributed by atoms with E-state index in [-0.39, 0.29) is 23.8 Å². The molecule has 1 atom stereocenters. The molecule has 1 aromatic heterocycles. The lowest BCUT2D eigenvalue weighted by Crippen LogP contribution is -2.36. The summed E-state index contributed by atoms with van der Waals surface area (Å²) in [5, 5.41) is 8.12. The lowest BCUT2D eigenvalue weighted by molar-refractivity contribution is -0.123. The molecule has 4 rings (SSSR count). The largest absolute Gasteiger partial charge is 0.492 e. The maximum Gasteiger partial charge on any atom is 0.258 e. The maximum atomic E-state index is 13.1. The summed E-state index contributed by atoms with van der Waals surface area (Å²) >= 11 is 0. The summed E-state index contributed by atoms with van der Waals surface area (Å²) in [4.78, 5) is 44.9. The van der Waals surface area contributed by atoms with Gasteiger partial charge in [-0.2, -0.15) is 4.98 Å². The number of rotatable bonds is 6. The van der Waals surface area contributed by atoms with E-state index in [4.69, 9.17) is 4.74 Å². The quantitative estimate of drug-likeness (QED) is 0.470. The Bertz CT molecular complexity index is 1230. The number of hydrogen-bond acceptors (Lipinski definition) is 6. The number of halogens is 1. The third-order valence-corrected chi connectivity index (χ3v) is 4.82. The Morgan fingerprint density at radius 1 is 1.19 bits per heavy atom. The van der Waals surface area contributed by atoms with E-state index in [9.17, 15) is 18.8 Å². The third kappa shape index (κ3) is 4.43. The Morgan fingerprint density at radius 3 is 2.69 bits per heavy atom. The first-order chi connectivity index (χ1) is 15.4. The van der Waals surface area contributed by atoms with E-state index in [1.54, 1.807) is 24.3 Å². The first-order valence-electron chi connectivity index (χ1n) is 9.94. The summed E-state index contributed by atoms with van der Waals surface area (Å²) in [6.07, 6.45) is -0.203. The molecular formula is C22H20FN5O4. The van der Waals surface area contributed by atoms with Gasteiger partial charge < -0.3 is 20.7 Å². The summed E-state index contributed by atoms with van der Waals surface area (Å²) in [5.41, 5.74) is 0.405. The van der Waals surface area contributed by atoms with E-state index >= 15 is 0 Å². The molecule has 0 fully saturated rings. The minimum Gasteiger partial charge on any atom is -0.492 e. The van der Waals surface area contributed by atoms with Crippen molar-refractivity contribution in [2.75, 3.05) is 22.6 Å². The molecule has 1 aliphatic rings. The molecule has 0 bridgehead atoms. The first kappa shape index (κ1) is 21.0. The predicted octanol–water partition coefficient (Wildman–Crippen LogP) is 3.12. The molecule has 2 aromatic carbocycles. The molecule has 9 nitrogen and oxygen atoms in total. The Balaban J connectivity index is 1.63. The Hall–Kier alpha value is -4.21. The van der Waals surface area contributed by atoms with Crippen molar-refractivity contribution in [3.05, 3.63) is 70.3 Å².